The van der Waals surface area contributed by atoms with Gasteiger partial charge in [0.1, 0.15) is 5.75 Å². The predicted molar refractivity (Wildman–Crippen MR) is 134 cm³/mol. The molecule has 0 fully saturated rings. The van der Waals surface area contributed by atoms with Gasteiger partial charge in [-0.1, -0.05) is 39.0 Å². The smallest absolute Gasteiger partial charge is 0.267 e. The zero-order valence-corrected chi connectivity index (χ0v) is 20.6. The molecule has 3 aromatic rings. The van der Waals surface area contributed by atoms with Crippen LogP contribution in [0.2, 0.25) is 0 Å². The van der Waals surface area contributed by atoms with Crippen LogP contribution in [0.1, 0.15) is 37.5 Å². The summed E-state index contributed by atoms with van der Waals surface area (Å²) in [7, 11) is -3.61. The summed E-state index contributed by atoms with van der Waals surface area (Å²) < 4.78 is 32.3. The fourth-order valence-corrected chi connectivity index (χ4v) is 4.74. The van der Waals surface area contributed by atoms with E-state index < -0.39 is 22.0 Å². The highest BCUT2D eigenvalue weighted by Crippen LogP contribution is 2.38. The molecule has 1 aliphatic rings. The number of benzene rings is 2. The second kappa shape index (κ2) is 9.10. The van der Waals surface area contributed by atoms with Gasteiger partial charge in [-0.05, 0) is 64.9 Å². The van der Waals surface area contributed by atoms with Gasteiger partial charge in [-0.2, -0.15) is 0 Å². The molecule has 0 spiro atoms. The van der Waals surface area contributed by atoms with Crippen molar-refractivity contribution in [1.82, 2.24) is 4.98 Å². The third-order valence-electron chi connectivity index (χ3n) is 5.77. The van der Waals surface area contributed by atoms with Gasteiger partial charge in [0.2, 0.25) is 10.0 Å². The molecule has 0 unspecified atom stereocenters. The molecule has 0 bridgehead atoms. The highest BCUT2D eigenvalue weighted by molar-refractivity contribution is 7.92. The monoisotopic (exact) mass is 479 g/mol. The molecule has 0 saturated carbocycles. The first-order valence-electron chi connectivity index (χ1n) is 11.1. The topological polar surface area (TPSA) is 88.6 Å². The molecule has 1 N–H and O–H groups in total. The van der Waals surface area contributed by atoms with Gasteiger partial charge < -0.3 is 10.1 Å². The summed E-state index contributed by atoms with van der Waals surface area (Å²) in [4.78, 5) is 17.0. The van der Waals surface area contributed by atoms with Gasteiger partial charge in [0, 0.05) is 18.1 Å². The number of carbonyl (C=O) groups is 1. The Balaban J connectivity index is 1.50. The maximum Gasteiger partial charge on any atom is 0.267 e. The highest BCUT2D eigenvalue weighted by Gasteiger charge is 2.36. The van der Waals surface area contributed by atoms with E-state index in [2.05, 4.69) is 31.1 Å². The lowest BCUT2D eigenvalue weighted by Gasteiger charge is -2.35. The van der Waals surface area contributed by atoms with Crippen LogP contribution in [0.4, 0.5) is 11.4 Å². The number of aromatic nitrogens is 1. The SMILES string of the molecule is CC(C)(C)c1ccc2c(c1)N(S(C)(=O)=O)C[C@H](C(=O)Nc1ccc(Cc3ccncc3)cc1)O2. The summed E-state index contributed by atoms with van der Waals surface area (Å²) >= 11 is 0. The van der Waals surface area contributed by atoms with Crippen LogP contribution in [0.3, 0.4) is 0 Å². The lowest BCUT2D eigenvalue weighted by molar-refractivity contribution is -0.122. The first kappa shape index (κ1) is 23.8. The van der Waals surface area contributed by atoms with Crippen LogP contribution in [-0.2, 0) is 26.7 Å². The van der Waals surface area contributed by atoms with E-state index in [9.17, 15) is 13.2 Å². The standard InChI is InChI=1S/C26H29N3O4S/c1-26(2,3)20-7-10-23-22(16-20)29(34(4,31)32)17-24(33-23)25(30)28-21-8-5-18(6-9-21)15-19-11-13-27-14-12-19/h5-14,16,24H,15,17H2,1-4H3,(H,28,30)/t24-/m1/s1. The minimum Gasteiger partial charge on any atom is -0.476 e. The number of carbonyl (C=O) groups excluding carboxylic acids is 1. The molecule has 2 aromatic carbocycles. The van der Waals surface area contributed by atoms with Crippen LogP contribution in [0, 0.1) is 0 Å². The number of nitrogens with one attached hydrogen (secondary N) is 1. The number of anilines is 2. The van der Waals surface area contributed by atoms with E-state index in [0.29, 0.717) is 17.1 Å². The van der Waals surface area contributed by atoms with E-state index in [4.69, 9.17) is 4.74 Å². The molecular weight excluding hydrogens is 450 g/mol. The van der Waals surface area contributed by atoms with Gasteiger partial charge in [0.05, 0.1) is 18.5 Å². The van der Waals surface area contributed by atoms with E-state index in [0.717, 1.165) is 29.4 Å². The summed E-state index contributed by atoms with van der Waals surface area (Å²) in [6.07, 6.45) is 4.45. The van der Waals surface area contributed by atoms with Crippen molar-refractivity contribution in [3.63, 3.8) is 0 Å². The molecule has 178 valence electrons. The van der Waals surface area contributed by atoms with Gasteiger partial charge in [-0.25, -0.2) is 8.42 Å². The maximum absolute atomic E-state index is 13.0. The molecule has 0 saturated heterocycles. The van der Waals surface area contributed by atoms with Gasteiger partial charge in [-0.3, -0.25) is 14.1 Å². The number of rotatable bonds is 5. The highest BCUT2D eigenvalue weighted by atomic mass is 32.2. The molecule has 2 heterocycles. The molecule has 8 heteroatoms. The molecule has 1 atom stereocenters. The molecule has 1 aromatic heterocycles. The van der Waals surface area contributed by atoms with Crippen LogP contribution < -0.4 is 14.4 Å². The number of nitrogens with zero attached hydrogens (tertiary/aromatic N) is 2. The van der Waals surface area contributed by atoms with Gasteiger partial charge in [0.25, 0.3) is 5.91 Å². The van der Waals surface area contributed by atoms with E-state index in [1.54, 1.807) is 18.5 Å². The molecule has 7 nitrogen and oxygen atoms in total. The van der Waals surface area contributed by atoms with E-state index in [-0.39, 0.29) is 12.0 Å². The maximum atomic E-state index is 13.0. The number of amides is 1. The first-order valence-corrected chi connectivity index (χ1v) is 12.9. The van der Waals surface area contributed by atoms with Gasteiger partial charge in [-0.15, -0.1) is 0 Å². The van der Waals surface area contributed by atoms with Crippen LogP contribution in [0.25, 0.3) is 0 Å². The second-order valence-electron chi connectivity index (χ2n) is 9.55. The normalized spacial score (nSPS) is 15.9. The summed E-state index contributed by atoms with van der Waals surface area (Å²) in [6, 6.07) is 16.9. The first-order chi connectivity index (χ1) is 16.0. The van der Waals surface area contributed by atoms with Crippen molar-refractivity contribution in [2.45, 2.75) is 38.7 Å². The quantitative estimate of drug-likeness (QED) is 0.594. The second-order valence-corrected chi connectivity index (χ2v) is 11.5. The number of fused-ring (bicyclic) bond motifs is 1. The van der Waals surface area contributed by atoms with Crippen LogP contribution in [0.5, 0.6) is 5.75 Å². The third kappa shape index (κ3) is 5.39. The summed E-state index contributed by atoms with van der Waals surface area (Å²) in [6.45, 7) is 6.08. The molecule has 1 amide bonds. The fourth-order valence-electron chi connectivity index (χ4n) is 3.83. The minimum atomic E-state index is -3.61. The van der Waals surface area contributed by atoms with Gasteiger partial charge >= 0.3 is 0 Å². The summed E-state index contributed by atoms with van der Waals surface area (Å²) in [5, 5.41) is 2.85. The Kier molecular flexibility index (Phi) is 6.36. The summed E-state index contributed by atoms with van der Waals surface area (Å²) in [5.41, 5.74) is 4.15. The molecule has 4 rings (SSSR count). The number of hydrogen-bond donors (Lipinski definition) is 1. The van der Waals surface area contributed by atoms with Crippen molar-refractivity contribution in [2.24, 2.45) is 0 Å². The largest absolute Gasteiger partial charge is 0.476 e. The van der Waals surface area contributed by atoms with Crippen molar-refractivity contribution in [3.05, 3.63) is 83.7 Å². The average Bonchev–Trinajstić information content (AvgIpc) is 2.78. The van der Waals surface area contributed by atoms with E-state index in [1.807, 2.05) is 48.5 Å². The van der Waals surface area contributed by atoms with Crippen molar-refractivity contribution >= 4 is 27.3 Å². The fraction of sp³-hybridized carbons (Fsp3) is 0.308. The van der Waals surface area contributed by atoms with E-state index in [1.165, 1.54) is 4.31 Å². The zero-order chi connectivity index (χ0) is 24.5. The Hall–Kier alpha value is -3.39. The minimum absolute atomic E-state index is 0.0919. The number of ether oxygens (including phenoxy) is 1. The molecule has 1 aliphatic heterocycles. The number of pyridine rings is 1. The van der Waals surface area contributed by atoms with Crippen LogP contribution in [0.15, 0.2) is 67.0 Å². The third-order valence-corrected chi connectivity index (χ3v) is 6.91. The van der Waals surface area contributed by atoms with Crippen LogP contribution >= 0.6 is 0 Å². The van der Waals surface area contributed by atoms with Crippen LogP contribution in [-0.4, -0.2) is 38.2 Å². The molecular formula is C26H29N3O4S. The number of sulfonamides is 1. The Morgan fingerprint density at radius 2 is 1.71 bits per heavy atom. The summed E-state index contributed by atoms with van der Waals surface area (Å²) in [5.74, 6) is -0.0291. The molecule has 34 heavy (non-hydrogen) atoms. The average molecular weight is 480 g/mol. The lowest BCUT2D eigenvalue weighted by atomic mass is 9.86. The van der Waals surface area contributed by atoms with Crippen molar-refractivity contribution < 1.29 is 17.9 Å². The Morgan fingerprint density at radius 1 is 1.06 bits per heavy atom. The van der Waals surface area contributed by atoms with Crippen molar-refractivity contribution in [3.8, 4) is 5.75 Å². The predicted octanol–water partition coefficient (Wildman–Crippen LogP) is 4.14. The lowest BCUT2D eigenvalue weighted by Crippen LogP contribution is -2.48. The number of hydrogen-bond acceptors (Lipinski definition) is 5. The Labute approximate surface area is 200 Å². The van der Waals surface area contributed by atoms with Crippen molar-refractivity contribution in [1.29, 1.82) is 0 Å². The molecule has 0 radical (unpaired) electrons. The Bertz CT molecular complexity index is 1280. The Morgan fingerprint density at radius 3 is 2.32 bits per heavy atom. The van der Waals surface area contributed by atoms with Gasteiger partial charge in [0.15, 0.2) is 6.10 Å². The van der Waals surface area contributed by atoms with E-state index >= 15 is 0 Å². The zero-order valence-electron chi connectivity index (χ0n) is 19.8. The van der Waals surface area contributed by atoms with Crippen molar-refractivity contribution in [2.75, 3.05) is 22.4 Å². The molecule has 0 aliphatic carbocycles.